The second kappa shape index (κ2) is 16.4. The molecule has 7 nitrogen and oxygen atoms in total. The summed E-state index contributed by atoms with van der Waals surface area (Å²) >= 11 is 0. The zero-order valence-electron chi connectivity index (χ0n) is 16.8. The molecule has 0 aliphatic carbocycles. The molecule has 0 bridgehead atoms. The predicted octanol–water partition coefficient (Wildman–Crippen LogP) is 5.86. The first-order chi connectivity index (χ1) is 13.0. The number of nitrogens with zero attached hydrogens (tertiary/aromatic N) is 2. The van der Waals surface area contributed by atoms with E-state index in [1.54, 1.807) is 0 Å². The number of unbranched alkanes of at least 4 members (excludes halogenated alkanes) is 12. The van der Waals surface area contributed by atoms with Crippen LogP contribution in [0.2, 0.25) is 0 Å². The van der Waals surface area contributed by atoms with Gasteiger partial charge in [0.15, 0.2) is 0 Å². The van der Waals surface area contributed by atoms with Crippen molar-refractivity contribution in [3.63, 3.8) is 0 Å². The molecule has 0 aliphatic rings. The van der Waals surface area contributed by atoms with Crippen LogP contribution < -0.4 is 0 Å². The van der Waals surface area contributed by atoms with Crippen LogP contribution in [0.25, 0.3) is 0 Å². The van der Waals surface area contributed by atoms with Gasteiger partial charge in [0.1, 0.15) is 9.85 Å². The Morgan fingerprint density at radius 2 is 1.11 bits per heavy atom. The van der Waals surface area contributed by atoms with E-state index in [2.05, 4.69) is 19.1 Å². The number of nitro groups is 2. The molecule has 0 aromatic rings. The Hall–Kier alpha value is -1.79. The van der Waals surface area contributed by atoms with Crippen LogP contribution in [0, 0.1) is 20.2 Å². The third-order valence-electron chi connectivity index (χ3n) is 4.88. The van der Waals surface area contributed by atoms with E-state index in [0.717, 1.165) is 25.7 Å². The van der Waals surface area contributed by atoms with Crippen molar-refractivity contribution in [3.8, 4) is 0 Å². The van der Waals surface area contributed by atoms with Gasteiger partial charge in [-0.3, -0.25) is 25.0 Å². The van der Waals surface area contributed by atoms with Crippen molar-refractivity contribution in [2.45, 2.75) is 109 Å². The van der Waals surface area contributed by atoms with E-state index in [4.69, 9.17) is 0 Å². The number of carbonyl (C=O) groups is 1. The molecule has 27 heavy (non-hydrogen) atoms. The van der Waals surface area contributed by atoms with Crippen LogP contribution in [-0.4, -0.2) is 21.8 Å². The predicted molar refractivity (Wildman–Crippen MR) is 107 cm³/mol. The average molecular weight is 385 g/mol. The molecule has 0 saturated carbocycles. The molecule has 0 amide bonds. The lowest BCUT2D eigenvalue weighted by molar-refractivity contribution is -0.774. The highest BCUT2D eigenvalue weighted by Gasteiger charge is 2.55. The van der Waals surface area contributed by atoms with E-state index in [0.29, 0.717) is 12.8 Å². The standard InChI is InChI=1S/C20H36N2O5/c1-2-3-4-5-6-7-8-9-10-11-12-13-14-15-16-17-18-20(19-23,21(24)25)22(26)27/h11-12,19H,2-10,13-18H2,1H3/b12-11-. The zero-order valence-corrected chi connectivity index (χ0v) is 16.8. The lowest BCUT2D eigenvalue weighted by Gasteiger charge is -2.10. The Balaban J connectivity index is 3.58. The first-order valence-corrected chi connectivity index (χ1v) is 10.4. The quantitative estimate of drug-likeness (QED) is 0.0692. The lowest BCUT2D eigenvalue weighted by Crippen LogP contribution is -2.47. The average Bonchev–Trinajstić information content (AvgIpc) is 2.64. The van der Waals surface area contributed by atoms with Gasteiger partial charge in [-0.1, -0.05) is 76.9 Å². The molecule has 0 radical (unpaired) electrons. The monoisotopic (exact) mass is 384 g/mol. The highest BCUT2D eigenvalue weighted by molar-refractivity contribution is 5.59. The summed E-state index contributed by atoms with van der Waals surface area (Å²) in [7, 11) is 0. The van der Waals surface area contributed by atoms with Crippen molar-refractivity contribution in [1.29, 1.82) is 0 Å². The van der Waals surface area contributed by atoms with Crippen molar-refractivity contribution in [3.05, 3.63) is 32.4 Å². The molecule has 0 fully saturated rings. The van der Waals surface area contributed by atoms with E-state index in [9.17, 15) is 25.0 Å². The van der Waals surface area contributed by atoms with Gasteiger partial charge >= 0.3 is 5.66 Å². The SMILES string of the molecule is CCCCCCCCCC/C=C\CCCCCCC(C=O)([N+](=O)[O-])[N+](=O)[O-]. The molecular formula is C20H36N2O5. The van der Waals surface area contributed by atoms with Gasteiger partial charge in [0, 0.05) is 0 Å². The molecule has 0 spiro atoms. The third kappa shape index (κ3) is 11.5. The van der Waals surface area contributed by atoms with Crippen LogP contribution in [0.15, 0.2) is 12.2 Å². The second-order valence-electron chi connectivity index (χ2n) is 7.20. The van der Waals surface area contributed by atoms with Gasteiger partial charge in [0.2, 0.25) is 0 Å². The maximum atomic E-state index is 10.8. The van der Waals surface area contributed by atoms with Crippen LogP contribution >= 0.6 is 0 Å². The van der Waals surface area contributed by atoms with Crippen LogP contribution in [0.5, 0.6) is 0 Å². The molecule has 0 atom stereocenters. The number of hydrogen-bond acceptors (Lipinski definition) is 5. The largest absolute Gasteiger partial charge is 0.512 e. The highest BCUT2D eigenvalue weighted by atomic mass is 16.7. The Bertz CT molecular complexity index is 438. The molecular weight excluding hydrogens is 348 g/mol. The van der Waals surface area contributed by atoms with Gasteiger partial charge < -0.3 is 0 Å². The molecule has 156 valence electrons. The third-order valence-corrected chi connectivity index (χ3v) is 4.88. The number of allylic oxidation sites excluding steroid dienone is 2. The number of carbonyl (C=O) groups excluding carboxylic acids is 1. The molecule has 0 rings (SSSR count). The topological polar surface area (TPSA) is 103 Å². The fourth-order valence-electron chi connectivity index (χ4n) is 3.03. The van der Waals surface area contributed by atoms with Crippen molar-refractivity contribution >= 4 is 6.29 Å². The van der Waals surface area contributed by atoms with Gasteiger partial charge in [0.25, 0.3) is 6.29 Å². The minimum absolute atomic E-state index is 0.152. The van der Waals surface area contributed by atoms with Gasteiger partial charge in [0.05, 0.1) is 6.42 Å². The lowest BCUT2D eigenvalue weighted by atomic mass is 10.0. The first-order valence-electron chi connectivity index (χ1n) is 10.4. The fraction of sp³-hybridized carbons (Fsp3) is 0.850. The summed E-state index contributed by atoms with van der Waals surface area (Å²) in [5.74, 6) is 0. The van der Waals surface area contributed by atoms with Gasteiger partial charge in [-0.15, -0.1) is 0 Å². The van der Waals surface area contributed by atoms with Crippen LogP contribution in [0.4, 0.5) is 0 Å². The Labute approximate surface area is 162 Å². The van der Waals surface area contributed by atoms with Crippen molar-refractivity contribution < 1.29 is 14.6 Å². The summed E-state index contributed by atoms with van der Waals surface area (Å²) in [6.45, 7) is 2.23. The van der Waals surface area contributed by atoms with Crippen LogP contribution in [0.3, 0.4) is 0 Å². The maximum absolute atomic E-state index is 10.8. The molecule has 0 N–H and O–H groups in total. The first kappa shape index (κ1) is 25.2. The number of aldehydes is 1. The maximum Gasteiger partial charge on any atom is 0.512 e. The van der Waals surface area contributed by atoms with E-state index >= 15 is 0 Å². The van der Waals surface area contributed by atoms with Crippen molar-refractivity contribution in [2.24, 2.45) is 0 Å². The van der Waals surface area contributed by atoms with Gasteiger partial charge in [-0.05, 0) is 32.1 Å². The summed E-state index contributed by atoms with van der Waals surface area (Å²) in [4.78, 5) is 30.2. The normalized spacial score (nSPS) is 11.7. The molecule has 0 aliphatic heterocycles. The van der Waals surface area contributed by atoms with Crippen LogP contribution in [0.1, 0.15) is 103 Å². The van der Waals surface area contributed by atoms with E-state index < -0.39 is 15.5 Å². The molecule has 7 heteroatoms. The molecule has 0 aromatic heterocycles. The Morgan fingerprint density at radius 3 is 1.52 bits per heavy atom. The van der Waals surface area contributed by atoms with E-state index in [-0.39, 0.29) is 12.7 Å². The van der Waals surface area contributed by atoms with Gasteiger partial charge in [-0.2, -0.15) is 0 Å². The summed E-state index contributed by atoms with van der Waals surface area (Å²) < 4.78 is 0. The Kier molecular flexibility index (Phi) is 15.3. The van der Waals surface area contributed by atoms with E-state index in [1.807, 2.05) is 0 Å². The molecule has 0 heterocycles. The Morgan fingerprint density at radius 1 is 0.704 bits per heavy atom. The van der Waals surface area contributed by atoms with Crippen molar-refractivity contribution in [1.82, 2.24) is 0 Å². The summed E-state index contributed by atoms with van der Waals surface area (Å²) in [6, 6.07) is 0. The minimum Gasteiger partial charge on any atom is -0.287 e. The minimum atomic E-state index is -2.67. The van der Waals surface area contributed by atoms with Crippen molar-refractivity contribution in [2.75, 3.05) is 0 Å². The van der Waals surface area contributed by atoms with Crippen LogP contribution in [-0.2, 0) is 4.79 Å². The highest BCUT2D eigenvalue weighted by Crippen LogP contribution is 2.18. The number of rotatable bonds is 19. The second-order valence-corrected chi connectivity index (χ2v) is 7.20. The van der Waals surface area contributed by atoms with E-state index in [1.165, 1.54) is 51.4 Å². The smallest absolute Gasteiger partial charge is 0.287 e. The molecule has 0 aromatic carbocycles. The summed E-state index contributed by atoms with van der Waals surface area (Å²) in [6.07, 6.45) is 19.3. The van der Waals surface area contributed by atoms with Gasteiger partial charge in [-0.25, -0.2) is 0 Å². The summed E-state index contributed by atoms with van der Waals surface area (Å²) in [5.41, 5.74) is -2.67. The zero-order chi connectivity index (χ0) is 20.4. The summed E-state index contributed by atoms with van der Waals surface area (Å²) in [5, 5.41) is 21.6. The molecule has 0 unspecified atom stereocenters. The number of hydrogen-bond donors (Lipinski definition) is 0. The molecule has 0 saturated heterocycles. The fourth-order valence-corrected chi connectivity index (χ4v) is 3.03.